The summed E-state index contributed by atoms with van der Waals surface area (Å²) in [6.07, 6.45) is -0.304. The highest BCUT2D eigenvalue weighted by molar-refractivity contribution is 5.76. The third-order valence-corrected chi connectivity index (χ3v) is 2.76. The average molecular weight is 222 g/mol. The quantitative estimate of drug-likeness (QED) is 0.828. The molecule has 0 saturated carbocycles. The predicted octanol–water partition coefficient (Wildman–Crippen LogP) is 1.78. The molecule has 0 saturated heterocycles. The van der Waals surface area contributed by atoms with Crippen LogP contribution >= 0.6 is 0 Å². The molecule has 1 aromatic rings. The number of fused-ring (bicyclic) bond motifs is 1. The summed E-state index contributed by atoms with van der Waals surface area (Å²) in [5, 5.41) is 9.10. The zero-order valence-electron chi connectivity index (χ0n) is 9.27. The molecule has 2 rings (SSSR count). The molecule has 0 radical (unpaired) electrons. The molecule has 1 N–H and O–H groups in total. The van der Waals surface area contributed by atoms with Crippen molar-refractivity contribution in [3.63, 3.8) is 0 Å². The van der Waals surface area contributed by atoms with Crippen molar-refractivity contribution in [2.24, 2.45) is 0 Å². The number of carboxylic acid groups (broad SMARTS) is 1. The fraction of sp³-hybridized carbons (Fsp3) is 0.417. The highest BCUT2D eigenvalue weighted by Crippen LogP contribution is 2.35. The Labute approximate surface area is 93.8 Å². The number of ether oxygens (including phenoxy) is 2. The Hall–Kier alpha value is -1.55. The van der Waals surface area contributed by atoms with Gasteiger partial charge in [0.25, 0.3) is 0 Å². The Morgan fingerprint density at radius 2 is 2.31 bits per heavy atom. The topological polar surface area (TPSA) is 55.8 Å². The maximum Gasteiger partial charge on any atom is 0.337 e. The zero-order valence-corrected chi connectivity index (χ0v) is 9.27. The molecule has 4 nitrogen and oxygen atoms in total. The smallest absolute Gasteiger partial charge is 0.337 e. The molecule has 1 heterocycles. The van der Waals surface area contributed by atoms with Crippen molar-refractivity contribution < 1.29 is 19.4 Å². The molecule has 1 aromatic carbocycles. The first-order valence-corrected chi connectivity index (χ1v) is 5.17. The third-order valence-electron chi connectivity index (χ3n) is 2.76. The number of hydrogen-bond donors (Lipinski definition) is 1. The van der Waals surface area contributed by atoms with E-state index in [9.17, 15) is 4.79 Å². The van der Waals surface area contributed by atoms with Crippen molar-refractivity contribution >= 4 is 5.97 Å². The summed E-state index contributed by atoms with van der Waals surface area (Å²) in [5.74, 6) is -0.222. The van der Waals surface area contributed by atoms with E-state index in [0.717, 1.165) is 11.3 Å². The van der Waals surface area contributed by atoms with Gasteiger partial charge in [-0.15, -0.1) is 0 Å². The van der Waals surface area contributed by atoms with E-state index in [0.29, 0.717) is 12.0 Å². The molecule has 4 heteroatoms. The molecule has 0 bridgehead atoms. The first-order chi connectivity index (χ1) is 7.63. The van der Waals surface area contributed by atoms with Crippen LogP contribution in [-0.4, -0.2) is 24.3 Å². The molecule has 0 aliphatic carbocycles. The van der Waals surface area contributed by atoms with Crippen molar-refractivity contribution in [1.82, 2.24) is 0 Å². The van der Waals surface area contributed by atoms with Crippen LogP contribution in [0.25, 0.3) is 0 Å². The van der Waals surface area contributed by atoms with Gasteiger partial charge in [-0.3, -0.25) is 0 Å². The van der Waals surface area contributed by atoms with Gasteiger partial charge >= 0.3 is 5.97 Å². The van der Waals surface area contributed by atoms with E-state index in [1.165, 1.54) is 0 Å². The van der Waals surface area contributed by atoms with Crippen molar-refractivity contribution in [2.75, 3.05) is 7.11 Å². The van der Waals surface area contributed by atoms with E-state index >= 15 is 0 Å². The minimum absolute atomic E-state index is 0.107. The number of rotatable bonds is 2. The van der Waals surface area contributed by atoms with Gasteiger partial charge < -0.3 is 14.6 Å². The molecule has 2 atom stereocenters. The minimum Gasteiger partial charge on any atom is -0.496 e. The molecule has 0 aromatic heterocycles. The van der Waals surface area contributed by atoms with Crippen LogP contribution in [0.1, 0.15) is 24.2 Å². The minimum atomic E-state index is -0.957. The third kappa shape index (κ3) is 1.76. The van der Waals surface area contributed by atoms with Crippen LogP contribution in [0, 0.1) is 0 Å². The summed E-state index contributed by atoms with van der Waals surface area (Å²) in [7, 11) is 1.59. The predicted molar refractivity (Wildman–Crippen MR) is 57.6 cm³/mol. The Kier molecular flexibility index (Phi) is 2.83. The van der Waals surface area contributed by atoms with E-state index in [1.54, 1.807) is 19.2 Å². The number of aliphatic carboxylic acids is 1. The van der Waals surface area contributed by atoms with E-state index in [4.69, 9.17) is 14.6 Å². The Balaban J connectivity index is 2.51. The first-order valence-electron chi connectivity index (χ1n) is 5.17. The van der Waals surface area contributed by atoms with Crippen LogP contribution in [0.4, 0.5) is 0 Å². The molecule has 0 spiro atoms. The first kappa shape index (κ1) is 11.0. The SMILES string of the molecule is COc1cccc2c1CC(C)OC2C(=O)O. The summed E-state index contributed by atoms with van der Waals surface area (Å²) in [6.45, 7) is 1.87. The summed E-state index contributed by atoms with van der Waals surface area (Å²) in [5.41, 5.74) is 1.64. The summed E-state index contributed by atoms with van der Waals surface area (Å²) < 4.78 is 10.7. The van der Waals surface area contributed by atoms with Gasteiger partial charge in [0, 0.05) is 12.0 Å². The van der Waals surface area contributed by atoms with Gasteiger partial charge in [-0.05, 0) is 18.6 Å². The molecule has 86 valence electrons. The largest absolute Gasteiger partial charge is 0.496 e. The van der Waals surface area contributed by atoms with Crippen LogP contribution < -0.4 is 4.74 Å². The van der Waals surface area contributed by atoms with E-state index in [-0.39, 0.29) is 6.10 Å². The van der Waals surface area contributed by atoms with Gasteiger partial charge in [0.2, 0.25) is 0 Å². The van der Waals surface area contributed by atoms with Gasteiger partial charge in [-0.1, -0.05) is 12.1 Å². The molecule has 0 amide bonds. The standard InChI is InChI=1S/C12H14O4/c1-7-6-9-8(11(16-7)12(13)14)4-3-5-10(9)15-2/h3-5,7,11H,6H2,1-2H3,(H,13,14). The lowest BCUT2D eigenvalue weighted by Gasteiger charge is -2.28. The van der Waals surface area contributed by atoms with E-state index in [2.05, 4.69) is 0 Å². The molecular formula is C12H14O4. The fourth-order valence-electron chi connectivity index (χ4n) is 2.07. The number of hydrogen-bond acceptors (Lipinski definition) is 3. The summed E-state index contributed by atoms with van der Waals surface area (Å²) in [6, 6.07) is 5.41. The second kappa shape index (κ2) is 4.14. The molecule has 2 unspecified atom stereocenters. The second-order valence-electron chi connectivity index (χ2n) is 3.90. The molecular weight excluding hydrogens is 208 g/mol. The Morgan fingerprint density at radius 1 is 1.56 bits per heavy atom. The number of benzene rings is 1. The van der Waals surface area contributed by atoms with Gasteiger partial charge in [0.15, 0.2) is 6.10 Å². The molecule has 1 aliphatic heterocycles. The van der Waals surface area contributed by atoms with Gasteiger partial charge in [0.05, 0.1) is 13.2 Å². The van der Waals surface area contributed by atoms with Crippen LogP contribution in [-0.2, 0) is 16.0 Å². The second-order valence-corrected chi connectivity index (χ2v) is 3.90. The highest BCUT2D eigenvalue weighted by atomic mass is 16.5. The normalized spacial score (nSPS) is 23.6. The van der Waals surface area contributed by atoms with Crippen LogP contribution in [0.15, 0.2) is 18.2 Å². The van der Waals surface area contributed by atoms with Crippen molar-refractivity contribution in [3.05, 3.63) is 29.3 Å². The zero-order chi connectivity index (χ0) is 11.7. The average Bonchev–Trinajstić information content (AvgIpc) is 2.27. The van der Waals surface area contributed by atoms with Crippen molar-refractivity contribution in [2.45, 2.75) is 25.6 Å². The Morgan fingerprint density at radius 3 is 2.94 bits per heavy atom. The lowest BCUT2D eigenvalue weighted by atomic mass is 9.94. The number of carboxylic acids is 1. The Bertz CT molecular complexity index is 413. The van der Waals surface area contributed by atoms with Crippen LogP contribution in [0.2, 0.25) is 0 Å². The summed E-state index contributed by atoms with van der Waals surface area (Å²) in [4.78, 5) is 11.1. The fourth-order valence-corrected chi connectivity index (χ4v) is 2.07. The van der Waals surface area contributed by atoms with E-state index in [1.807, 2.05) is 13.0 Å². The summed E-state index contributed by atoms with van der Waals surface area (Å²) >= 11 is 0. The van der Waals surface area contributed by atoms with Crippen molar-refractivity contribution in [3.8, 4) is 5.75 Å². The maximum absolute atomic E-state index is 11.1. The lowest BCUT2D eigenvalue weighted by Crippen LogP contribution is -2.28. The van der Waals surface area contributed by atoms with Gasteiger partial charge in [-0.2, -0.15) is 0 Å². The molecule has 0 fully saturated rings. The number of methoxy groups -OCH3 is 1. The van der Waals surface area contributed by atoms with E-state index < -0.39 is 12.1 Å². The van der Waals surface area contributed by atoms with Crippen LogP contribution in [0.3, 0.4) is 0 Å². The molecule has 1 aliphatic rings. The van der Waals surface area contributed by atoms with Crippen LogP contribution in [0.5, 0.6) is 5.75 Å². The lowest BCUT2D eigenvalue weighted by molar-refractivity contribution is -0.155. The number of carbonyl (C=O) groups is 1. The van der Waals surface area contributed by atoms with Gasteiger partial charge in [0.1, 0.15) is 5.75 Å². The van der Waals surface area contributed by atoms with Crippen molar-refractivity contribution in [1.29, 1.82) is 0 Å². The maximum atomic E-state index is 11.1. The highest BCUT2D eigenvalue weighted by Gasteiger charge is 2.32. The van der Waals surface area contributed by atoms with Gasteiger partial charge in [-0.25, -0.2) is 4.79 Å². The monoisotopic (exact) mass is 222 g/mol. The molecule has 16 heavy (non-hydrogen) atoms.